The summed E-state index contributed by atoms with van der Waals surface area (Å²) in [5.74, 6) is -0.0346. The van der Waals surface area contributed by atoms with Crippen LogP contribution in [0.1, 0.15) is 29.8 Å². The molecule has 0 atom stereocenters. The summed E-state index contributed by atoms with van der Waals surface area (Å²) < 4.78 is 4.88. The van der Waals surface area contributed by atoms with E-state index < -0.39 is 0 Å². The molecule has 1 aromatic heterocycles. The molecule has 0 bridgehead atoms. The number of benzene rings is 1. The van der Waals surface area contributed by atoms with Crippen molar-refractivity contribution in [1.82, 2.24) is 5.32 Å². The number of amides is 1. The van der Waals surface area contributed by atoms with E-state index in [2.05, 4.69) is 5.32 Å². The summed E-state index contributed by atoms with van der Waals surface area (Å²) in [4.78, 5) is 11.6. The lowest BCUT2D eigenvalue weighted by Gasteiger charge is -2.03. The maximum Gasteiger partial charge on any atom is 0.251 e. The van der Waals surface area contributed by atoms with Crippen molar-refractivity contribution in [3.05, 3.63) is 54.0 Å². The fraction of sp³-hybridized carbons (Fsp3) is 0.214. The molecule has 0 spiro atoms. The minimum absolute atomic E-state index is 0.145. The molecule has 0 aliphatic heterocycles. The SMILES string of the molecule is CC.O=C(NCc1ccoc1)c1ccc(O)cc1. The lowest BCUT2D eigenvalue weighted by Crippen LogP contribution is -2.22. The summed E-state index contributed by atoms with van der Waals surface area (Å²) >= 11 is 0. The Labute approximate surface area is 106 Å². The average Bonchev–Trinajstić information content (AvgIpc) is 2.92. The zero-order chi connectivity index (χ0) is 13.4. The second-order valence-electron chi connectivity index (χ2n) is 3.36. The zero-order valence-corrected chi connectivity index (χ0v) is 10.5. The Bertz CT molecular complexity index is 460. The molecule has 2 aromatic rings. The van der Waals surface area contributed by atoms with Gasteiger partial charge in [0.2, 0.25) is 0 Å². The minimum atomic E-state index is -0.179. The van der Waals surface area contributed by atoms with E-state index >= 15 is 0 Å². The van der Waals surface area contributed by atoms with Crippen molar-refractivity contribution in [3.63, 3.8) is 0 Å². The first kappa shape index (κ1) is 13.8. The number of hydrogen-bond acceptors (Lipinski definition) is 3. The van der Waals surface area contributed by atoms with Gasteiger partial charge in [-0.25, -0.2) is 0 Å². The van der Waals surface area contributed by atoms with E-state index in [0.29, 0.717) is 12.1 Å². The second kappa shape index (κ2) is 7.17. The first-order chi connectivity index (χ1) is 8.75. The summed E-state index contributed by atoms with van der Waals surface area (Å²) in [6.07, 6.45) is 3.14. The second-order valence-corrected chi connectivity index (χ2v) is 3.36. The molecule has 0 saturated heterocycles. The number of phenolic OH excluding ortho intramolecular Hbond substituents is 1. The number of phenols is 1. The summed E-state index contributed by atoms with van der Waals surface area (Å²) in [6, 6.07) is 7.89. The van der Waals surface area contributed by atoms with Crippen LogP contribution in [-0.2, 0) is 6.54 Å². The highest BCUT2D eigenvalue weighted by Gasteiger charge is 2.04. The number of furan rings is 1. The molecule has 1 heterocycles. The molecule has 0 unspecified atom stereocenters. The van der Waals surface area contributed by atoms with Gasteiger partial charge in [0, 0.05) is 17.7 Å². The van der Waals surface area contributed by atoms with Gasteiger partial charge in [-0.3, -0.25) is 4.79 Å². The predicted octanol–water partition coefficient (Wildman–Crippen LogP) is 2.94. The molecule has 0 fully saturated rings. The molecule has 0 aliphatic carbocycles. The molecule has 2 rings (SSSR count). The lowest BCUT2D eigenvalue weighted by molar-refractivity contribution is 0.0951. The van der Waals surface area contributed by atoms with Crippen molar-refractivity contribution in [2.45, 2.75) is 20.4 Å². The maximum absolute atomic E-state index is 11.6. The van der Waals surface area contributed by atoms with Crippen LogP contribution in [0, 0.1) is 0 Å². The molecule has 0 radical (unpaired) electrons. The van der Waals surface area contributed by atoms with Crippen LogP contribution in [0.4, 0.5) is 0 Å². The Morgan fingerprint density at radius 1 is 1.22 bits per heavy atom. The van der Waals surface area contributed by atoms with Gasteiger partial charge < -0.3 is 14.8 Å². The summed E-state index contributed by atoms with van der Waals surface area (Å²) in [6.45, 7) is 4.43. The van der Waals surface area contributed by atoms with Gasteiger partial charge in [-0.15, -0.1) is 0 Å². The Kier molecular flexibility index (Phi) is 5.51. The monoisotopic (exact) mass is 247 g/mol. The molecule has 18 heavy (non-hydrogen) atoms. The third-order valence-electron chi connectivity index (χ3n) is 2.16. The van der Waals surface area contributed by atoms with Gasteiger partial charge in [0.05, 0.1) is 12.5 Å². The quantitative estimate of drug-likeness (QED) is 0.876. The molecule has 0 saturated carbocycles. The first-order valence-electron chi connectivity index (χ1n) is 5.84. The van der Waals surface area contributed by atoms with Gasteiger partial charge in [0.25, 0.3) is 5.91 Å². The third kappa shape index (κ3) is 3.97. The van der Waals surface area contributed by atoms with E-state index in [0.717, 1.165) is 5.56 Å². The van der Waals surface area contributed by atoms with E-state index in [4.69, 9.17) is 9.52 Å². The number of hydrogen-bond donors (Lipinski definition) is 2. The molecule has 96 valence electrons. The van der Waals surface area contributed by atoms with Crippen LogP contribution < -0.4 is 5.32 Å². The Balaban J connectivity index is 0.000000771. The smallest absolute Gasteiger partial charge is 0.251 e. The average molecular weight is 247 g/mol. The van der Waals surface area contributed by atoms with Gasteiger partial charge in [0.15, 0.2) is 0 Å². The molecule has 2 N–H and O–H groups in total. The Hall–Kier alpha value is -2.23. The molecular weight excluding hydrogens is 230 g/mol. The number of rotatable bonds is 3. The van der Waals surface area contributed by atoms with E-state index in [-0.39, 0.29) is 11.7 Å². The maximum atomic E-state index is 11.6. The van der Waals surface area contributed by atoms with Crippen molar-refractivity contribution in [1.29, 1.82) is 0 Å². The normalized spacial score (nSPS) is 9.22. The lowest BCUT2D eigenvalue weighted by atomic mass is 10.2. The molecule has 4 heteroatoms. The van der Waals surface area contributed by atoms with Crippen LogP contribution >= 0.6 is 0 Å². The summed E-state index contributed by atoms with van der Waals surface area (Å²) in [5, 5.41) is 11.8. The predicted molar refractivity (Wildman–Crippen MR) is 69.3 cm³/mol. The van der Waals surface area contributed by atoms with Crippen LogP contribution in [0.5, 0.6) is 5.75 Å². The standard InChI is InChI=1S/C12H11NO3.C2H6/c14-11-3-1-10(2-4-11)12(15)13-7-9-5-6-16-8-9;1-2/h1-6,8,14H,7H2,(H,13,15);1-2H3. The van der Waals surface area contributed by atoms with Gasteiger partial charge in [-0.2, -0.15) is 0 Å². The topological polar surface area (TPSA) is 62.5 Å². The largest absolute Gasteiger partial charge is 0.508 e. The molecule has 4 nitrogen and oxygen atoms in total. The van der Waals surface area contributed by atoms with Crippen molar-refractivity contribution in [2.75, 3.05) is 0 Å². The van der Waals surface area contributed by atoms with Crippen LogP contribution in [0.25, 0.3) is 0 Å². The van der Waals surface area contributed by atoms with E-state index in [9.17, 15) is 4.79 Å². The van der Waals surface area contributed by atoms with Gasteiger partial charge in [-0.05, 0) is 30.3 Å². The molecular formula is C14H17NO3. The van der Waals surface area contributed by atoms with Crippen molar-refractivity contribution < 1.29 is 14.3 Å². The molecule has 0 aliphatic rings. The fourth-order valence-corrected chi connectivity index (χ4v) is 1.29. The highest BCUT2D eigenvalue weighted by atomic mass is 16.3. The molecule has 1 amide bonds. The first-order valence-corrected chi connectivity index (χ1v) is 5.84. The minimum Gasteiger partial charge on any atom is -0.508 e. The van der Waals surface area contributed by atoms with Crippen LogP contribution in [0.15, 0.2) is 47.3 Å². The fourth-order valence-electron chi connectivity index (χ4n) is 1.29. The number of carbonyl (C=O) groups is 1. The number of carbonyl (C=O) groups excluding carboxylic acids is 1. The van der Waals surface area contributed by atoms with E-state index in [1.54, 1.807) is 30.7 Å². The highest BCUT2D eigenvalue weighted by molar-refractivity contribution is 5.94. The van der Waals surface area contributed by atoms with Crippen LogP contribution in [-0.4, -0.2) is 11.0 Å². The van der Waals surface area contributed by atoms with Gasteiger partial charge in [0.1, 0.15) is 5.75 Å². The third-order valence-corrected chi connectivity index (χ3v) is 2.16. The van der Waals surface area contributed by atoms with Crippen LogP contribution in [0.2, 0.25) is 0 Å². The van der Waals surface area contributed by atoms with Crippen molar-refractivity contribution >= 4 is 5.91 Å². The van der Waals surface area contributed by atoms with E-state index in [1.165, 1.54) is 12.1 Å². The summed E-state index contributed by atoms with van der Waals surface area (Å²) in [7, 11) is 0. The Morgan fingerprint density at radius 2 is 1.89 bits per heavy atom. The Morgan fingerprint density at radius 3 is 2.44 bits per heavy atom. The van der Waals surface area contributed by atoms with Crippen molar-refractivity contribution in [2.24, 2.45) is 0 Å². The molecule has 1 aromatic carbocycles. The van der Waals surface area contributed by atoms with Crippen LogP contribution in [0.3, 0.4) is 0 Å². The van der Waals surface area contributed by atoms with Crippen molar-refractivity contribution in [3.8, 4) is 5.75 Å². The zero-order valence-electron chi connectivity index (χ0n) is 10.5. The van der Waals surface area contributed by atoms with E-state index in [1.807, 2.05) is 13.8 Å². The number of aromatic hydroxyl groups is 1. The highest BCUT2D eigenvalue weighted by Crippen LogP contribution is 2.09. The van der Waals surface area contributed by atoms with Gasteiger partial charge in [-0.1, -0.05) is 13.8 Å². The van der Waals surface area contributed by atoms with Gasteiger partial charge >= 0.3 is 0 Å². The summed E-state index contributed by atoms with van der Waals surface area (Å²) in [5.41, 5.74) is 1.42. The number of nitrogens with one attached hydrogen (secondary N) is 1.